The van der Waals surface area contributed by atoms with Crippen molar-refractivity contribution in [3.8, 4) is 0 Å². The average molecular weight is 355 g/mol. The average Bonchev–Trinajstić information content (AvgIpc) is 2.61. The Bertz CT molecular complexity index is 747. The number of carbonyl (C=O) groups excluding carboxylic acids is 2. The van der Waals surface area contributed by atoms with Crippen molar-refractivity contribution < 1.29 is 9.59 Å². The first-order valence-electron chi connectivity index (χ1n) is 8.11. The molecule has 6 heteroatoms. The normalized spacial score (nSPS) is 9.96. The fourth-order valence-electron chi connectivity index (χ4n) is 2.18. The molecule has 0 bridgehead atoms. The Balaban J connectivity index is 1.86. The molecule has 0 saturated heterocycles. The number of anilines is 2. The molecule has 0 atom stereocenters. The van der Waals surface area contributed by atoms with E-state index in [1.807, 2.05) is 36.4 Å². The van der Waals surface area contributed by atoms with E-state index in [2.05, 4.69) is 16.0 Å². The summed E-state index contributed by atoms with van der Waals surface area (Å²) in [5, 5.41) is 8.60. The summed E-state index contributed by atoms with van der Waals surface area (Å²) in [5.74, 6) is -0.203. The van der Waals surface area contributed by atoms with Gasteiger partial charge in [-0.25, -0.2) is 0 Å². The van der Waals surface area contributed by atoms with E-state index in [-0.39, 0.29) is 16.9 Å². The van der Waals surface area contributed by atoms with Gasteiger partial charge in [-0.2, -0.15) is 0 Å². The summed E-state index contributed by atoms with van der Waals surface area (Å²) in [6.45, 7) is 1.75. The second-order valence-corrected chi connectivity index (χ2v) is 5.88. The van der Waals surface area contributed by atoms with Crippen molar-refractivity contribution in [1.29, 1.82) is 0 Å². The maximum atomic E-state index is 12.1. The van der Waals surface area contributed by atoms with E-state index in [0.29, 0.717) is 30.6 Å². The van der Waals surface area contributed by atoms with E-state index in [1.165, 1.54) is 0 Å². The van der Waals surface area contributed by atoms with Crippen LogP contribution >= 0.6 is 12.2 Å². The van der Waals surface area contributed by atoms with Crippen LogP contribution in [0.2, 0.25) is 0 Å². The number of rotatable bonds is 6. The second-order valence-electron chi connectivity index (χ2n) is 5.47. The van der Waals surface area contributed by atoms with Gasteiger partial charge in [-0.15, -0.1) is 0 Å². The van der Waals surface area contributed by atoms with Crippen LogP contribution in [0.15, 0.2) is 54.6 Å². The summed E-state index contributed by atoms with van der Waals surface area (Å²) < 4.78 is 0. The quantitative estimate of drug-likeness (QED) is 0.694. The van der Waals surface area contributed by atoms with Gasteiger partial charge in [0.2, 0.25) is 11.8 Å². The molecule has 2 rings (SSSR count). The molecule has 3 N–H and O–H groups in total. The topological polar surface area (TPSA) is 70.2 Å². The second kappa shape index (κ2) is 9.54. The van der Waals surface area contributed by atoms with Crippen LogP contribution in [0.4, 0.5) is 11.4 Å². The van der Waals surface area contributed by atoms with E-state index in [9.17, 15) is 9.59 Å². The van der Waals surface area contributed by atoms with Crippen molar-refractivity contribution >= 4 is 40.5 Å². The molecule has 130 valence electrons. The van der Waals surface area contributed by atoms with Gasteiger partial charge in [-0.1, -0.05) is 43.3 Å². The van der Waals surface area contributed by atoms with Crippen LogP contribution in [0.5, 0.6) is 0 Å². The highest BCUT2D eigenvalue weighted by atomic mass is 32.1. The van der Waals surface area contributed by atoms with Crippen LogP contribution in [0.25, 0.3) is 0 Å². The molecular weight excluding hydrogens is 334 g/mol. The maximum Gasteiger partial charge on any atom is 0.225 e. The van der Waals surface area contributed by atoms with Gasteiger partial charge < -0.3 is 16.0 Å². The summed E-state index contributed by atoms with van der Waals surface area (Å²) >= 11 is 5.07. The third-order valence-electron chi connectivity index (χ3n) is 3.46. The summed E-state index contributed by atoms with van der Waals surface area (Å²) in [7, 11) is 0. The van der Waals surface area contributed by atoms with Crippen molar-refractivity contribution in [3.05, 3.63) is 60.2 Å². The predicted octanol–water partition coefficient (Wildman–Crippen LogP) is 3.48. The minimum atomic E-state index is -0.150. The molecule has 2 aromatic carbocycles. The fraction of sp³-hybridized carbons (Fsp3) is 0.211. The number of nitrogens with one attached hydrogen (secondary N) is 3. The first-order chi connectivity index (χ1) is 12.1. The van der Waals surface area contributed by atoms with Gasteiger partial charge in [0.05, 0.1) is 0 Å². The van der Waals surface area contributed by atoms with Gasteiger partial charge in [-0.05, 0) is 42.4 Å². The van der Waals surface area contributed by atoms with E-state index >= 15 is 0 Å². The van der Waals surface area contributed by atoms with Crippen molar-refractivity contribution in [3.63, 3.8) is 0 Å². The molecular formula is C19H21N3O2S. The lowest BCUT2D eigenvalue weighted by Gasteiger charge is -2.11. The van der Waals surface area contributed by atoms with E-state index in [1.54, 1.807) is 25.1 Å². The number of thiocarbonyl (C=S) groups is 1. The molecule has 0 aromatic heterocycles. The van der Waals surface area contributed by atoms with Crippen LogP contribution in [-0.2, 0) is 16.0 Å². The monoisotopic (exact) mass is 355 g/mol. The van der Waals surface area contributed by atoms with Crippen molar-refractivity contribution in [2.75, 3.05) is 10.6 Å². The van der Waals surface area contributed by atoms with Gasteiger partial charge in [0.15, 0.2) is 5.11 Å². The van der Waals surface area contributed by atoms with Crippen molar-refractivity contribution in [2.45, 2.75) is 26.2 Å². The standard InChI is InChI=1S/C19H21N3O2S/c1-2-17(23)22-19(25)21-16-10-6-9-15(13-16)20-18(24)12-11-14-7-4-3-5-8-14/h3-10,13H,2,11-12H2,1H3,(H,20,24)(H2,21,22,23,25). The minimum Gasteiger partial charge on any atom is -0.332 e. The van der Waals surface area contributed by atoms with E-state index < -0.39 is 0 Å². The predicted molar refractivity (Wildman–Crippen MR) is 104 cm³/mol. The lowest BCUT2D eigenvalue weighted by molar-refractivity contribution is -0.119. The molecule has 2 amide bonds. The largest absolute Gasteiger partial charge is 0.332 e. The number of benzene rings is 2. The first-order valence-corrected chi connectivity index (χ1v) is 8.52. The molecule has 25 heavy (non-hydrogen) atoms. The van der Waals surface area contributed by atoms with Crippen molar-refractivity contribution in [1.82, 2.24) is 5.32 Å². The van der Waals surface area contributed by atoms with Gasteiger partial charge in [0.25, 0.3) is 0 Å². The summed E-state index contributed by atoms with van der Waals surface area (Å²) in [4.78, 5) is 23.4. The minimum absolute atomic E-state index is 0.0529. The van der Waals surface area contributed by atoms with Gasteiger partial charge in [0.1, 0.15) is 0 Å². The molecule has 0 fully saturated rings. The van der Waals surface area contributed by atoms with Crippen molar-refractivity contribution in [2.24, 2.45) is 0 Å². The highest BCUT2D eigenvalue weighted by molar-refractivity contribution is 7.80. The van der Waals surface area contributed by atoms with Crippen LogP contribution in [-0.4, -0.2) is 16.9 Å². The molecule has 0 unspecified atom stereocenters. The number of amides is 2. The highest BCUT2D eigenvalue weighted by Gasteiger charge is 2.06. The first kappa shape index (κ1) is 18.6. The Kier molecular flexibility index (Phi) is 7.10. The van der Waals surface area contributed by atoms with Crippen LogP contribution in [0, 0.1) is 0 Å². The fourth-order valence-corrected chi connectivity index (χ4v) is 2.41. The van der Waals surface area contributed by atoms with Crippen LogP contribution in [0.3, 0.4) is 0 Å². The summed E-state index contributed by atoms with van der Waals surface area (Å²) in [5.41, 5.74) is 2.50. The molecule has 0 radical (unpaired) electrons. The Morgan fingerprint density at radius 2 is 1.60 bits per heavy atom. The van der Waals surface area contributed by atoms with Gasteiger partial charge in [0, 0.05) is 24.2 Å². The Morgan fingerprint density at radius 1 is 0.920 bits per heavy atom. The third kappa shape index (κ3) is 6.73. The molecule has 5 nitrogen and oxygen atoms in total. The Hall–Kier alpha value is -2.73. The lowest BCUT2D eigenvalue weighted by Crippen LogP contribution is -2.33. The smallest absolute Gasteiger partial charge is 0.225 e. The molecule has 0 spiro atoms. The molecule has 0 aliphatic rings. The SMILES string of the molecule is CCC(=O)NC(=S)Nc1cccc(NC(=O)CCc2ccccc2)c1. The summed E-state index contributed by atoms with van der Waals surface area (Å²) in [6, 6.07) is 17.1. The molecule has 0 aliphatic heterocycles. The number of carbonyl (C=O) groups is 2. The van der Waals surface area contributed by atoms with E-state index in [0.717, 1.165) is 5.56 Å². The zero-order chi connectivity index (χ0) is 18.1. The number of hydrogen-bond donors (Lipinski definition) is 3. The highest BCUT2D eigenvalue weighted by Crippen LogP contribution is 2.15. The maximum absolute atomic E-state index is 12.1. The number of aryl methyl sites for hydroxylation is 1. The molecule has 2 aromatic rings. The molecule has 0 heterocycles. The molecule has 0 aliphatic carbocycles. The Labute approximate surface area is 152 Å². The van der Waals surface area contributed by atoms with Gasteiger partial charge in [-0.3, -0.25) is 9.59 Å². The Morgan fingerprint density at radius 3 is 2.28 bits per heavy atom. The zero-order valence-corrected chi connectivity index (χ0v) is 14.9. The van der Waals surface area contributed by atoms with E-state index in [4.69, 9.17) is 12.2 Å². The number of hydrogen-bond acceptors (Lipinski definition) is 3. The van der Waals surface area contributed by atoms with Crippen LogP contribution < -0.4 is 16.0 Å². The molecule has 0 saturated carbocycles. The zero-order valence-electron chi connectivity index (χ0n) is 14.0. The third-order valence-corrected chi connectivity index (χ3v) is 3.67. The van der Waals surface area contributed by atoms with Crippen LogP contribution in [0.1, 0.15) is 25.3 Å². The summed E-state index contributed by atoms with van der Waals surface area (Å²) in [6.07, 6.45) is 1.46. The van der Waals surface area contributed by atoms with Gasteiger partial charge >= 0.3 is 0 Å². The lowest BCUT2D eigenvalue weighted by atomic mass is 10.1.